The van der Waals surface area contributed by atoms with Crippen molar-refractivity contribution in [2.24, 2.45) is 5.73 Å². The highest BCUT2D eigenvalue weighted by Gasteiger charge is 2.23. The molecule has 7 heteroatoms. The smallest absolute Gasteiger partial charge is 0.251 e. The Morgan fingerprint density at radius 1 is 1.26 bits per heavy atom. The first-order chi connectivity index (χ1) is 10.5. The van der Waals surface area contributed by atoms with Crippen LogP contribution < -0.4 is 11.1 Å². The maximum absolute atomic E-state index is 12.6. The Kier molecular flexibility index (Phi) is 6.33. The molecule has 0 bridgehead atoms. The molecular weight excluding hydrogens is 314 g/mol. The van der Waals surface area contributed by atoms with Crippen molar-refractivity contribution in [3.63, 3.8) is 0 Å². The number of hydrogen-bond donors (Lipinski definition) is 2. The number of sulfonamides is 1. The van der Waals surface area contributed by atoms with Crippen LogP contribution in [0.3, 0.4) is 0 Å². The van der Waals surface area contributed by atoms with E-state index >= 15 is 0 Å². The monoisotopic (exact) mass is 341 g/mol. The first-order valence-electron chi connectivity index (χ1n) is 7.70. The van der Waals surface area contributed by atoms with Crippen LogP contribution in [0.25, 0.3) is 0 Å². The summed E-state index contributed by atoms with van der Waals surface area (Å²) in [5.41, 5.74) is 6.39. The van der Waals surface area contributed by atoms with Gasteiger partial charge in [0.25, 0.3) is 5.91 Å². The molecule has 0 aliphatic carbocycles. The van der Waals surface area contributed by atoms with Gasteiger partial charge in [-0.2, -0.15) is 4.31 Å². The molecule has 0 saturated heterocycles. The lowest BCUT2D eigenvalue weighted by molar-refractivity contribution is 0.0945. The van der Waals surface area contributed by atoms with Crippen molar-refractivity contribution >= 4 is 15.9 Å². The van der Waals surface area contributed by atoms with E-state index in [-0.39, 0.29) is 10.8 Å². The maximum atomic E-state index is 12.6. The van der Waals surface area contributed by atoms with Gasteiger partial charge in [-0.1, -0.05) is 19.9 Å². The van der Waals surface area contributed by atoms with Crippen molar-refractivity contribution in [3.8, 4) is 0 Å². The first kappa shape index (κ1) is 19.6. The Balaban J connectivity index is 3.16. The highest BCUT2D eigenvalue weighted by Crippen LogP contribution is 2.19. The van der Waals surface area contributed by atoms with Gasteiger partial charge >= 0.3 is 0 Å². The number of carbonyl (C=O) groups excluding carboxylic acids is 1. The summed E-state index contributed by atoms with van der Waals surface area (Å²) in [5, 5.41) is 2.74. The maximum Gasteiger partial charge on any atom is 0.251 e. The van der Waals surface area contributed by atoms with Crippen molar-refractivity contribution in [1.29, 1.82) is 0 Å². The van der Waals surface area contributed by atoms with Gasteiger partial charge in [-0.15, -0.1) is 0 Å². The van der Waals surface area contributed by atoms with Crippen LogP contribution in [0, 0.1) is 6.92 Å². The van der Waals surface area contributed by atoms with Crippen LogP contribution in [0.2, 0.25) is 0 Å². The lowest BCUT2D eigenvalue weighted by Gasteiger charge is -2.21. The predicted molar refractivity (Wildman–Crippen MR) is 91.9 cm³/mol. The molecule has 0 aromatic heterocycles. The van der Waals surface area contributed by atoms with E-state index in [0.29, 0.717) is 25.2 Å². The molecule has 0 atom stereocenters. The first-order valence-corrected chi connectivity index (χ1v) is 9.14. The fourth-order valence-electron chi connectivity index (χ4n) is 2.12. The number of hydrogen-bond acceptors (Lipinski definition) is 4. The summed E-state index contributed by atoms with van der Waals surface area (Å²) in [4.78, 5) is 12.5. The topological polar surface area (TPSA) is 92.5 Å². The molecular formula is C16H27N3O3S. The second-order valence-electron chi connectivity index (χ2n) is 6.24. The fourth-order valence-corrected chi connectivity index (χ4v) is 3.61. The lowest BCUT2D eigenvalue weighted by atomic mass is 10.1. The lowest BCUT2D eigenvalue weighted by Crippen LogP contribution is -2.45. The van der Waals surface area contributed by atoms with Gasteiger partial charge in [-0.3, -0.25) is 4.79 Å². The van der Waals surface area contributed by atoms with Crippen molar-refractivity contribution in [3.05, 3.63) is 29.3 Å². The second-order valence-corrected chi connectivity index (χ2v) is 8.18. The van der Waals surface area contributed by atoms with Crippen LogP contribution in [0.4, 0.5) is 0 Å². The molecule has 130 valence electrons. The second kappa shape index (κ2) is 7.42. The van der Waals surface area contributed by atoms with Gasteiger partial charge in [0, 0.05) is 30.7 Å². The van der Waals surface area contributed by atoms with Gasteiger partial charge in [-0.05, 0) is 38.5 Å². The zero-order valence-electron chi connectivity index (χ0n) is 14.5. The summed E-state index contributed by atoms with van der Waals surface area (Å²) in [5.74, 6) is -0.322. The molecule has 0 fully saturated rings. The van der Waals surface area contributed by atoms with E-state index in [0.717, 1.165) is 5.56 Å². The Hall–Kier alpha value is -1.44. The highest BCUT2D eigenvalue weighted by atomic mass is 32.2. The average Bonchev–Trinajstić information content (AvgIpc) is 2.45. The van der Waals surface area contributed by atoms with E-state index in [1.54, 1.807) is 40.7 Å². The third kappa shape index (κ3) is 5.02. The number of aryl methyl sites for hydroxylation is 1. The quantitative estimate of drug-likeness (QED) is 0.786. The summed E-state index contributed by atoms with van der Waals surface area (Å²) in [6.45, 7) is 10.0. The number of carbonyl (C=O) groups is 1. The van der Waals surface area contributed by atoms with Crippen molar-refractivity contribution < 1.29 is 13.2 Å². The van der Waals surface area contributed by atoms with E-state index in [4.69, 9.17) is 5.73 Å². The van der Waals surface area contributed by atoms with E-state index in [1.807, 2.05) is 0 Å². The Labute approximate surface area is 139 Å². The van der Waals surface area contributed by atoms with E-state index in [2.05, 4.69) is 5.32 Å². The van der Waals surface area contributed by atoms with Crippen molar-refractivity contribution in [2.45, 2.75) is 45.1 Å². The molecule has 1 amide bonds. The molecule has 0 heterocycles. The molecule has 6 nitrogen and oxygen atoms in total. The standard InChI is InChI=1S/C16H27N3O3S/c1-6-19(7-2)23(21,22)13-9-8-12(3)14(10-13)15(20)18-11-16(4,5)17/h8-10H,6-7,11,17H2,1-5H3,(H,18,20). The van der Waals surface area contributed by atoms with Gasteiger partial charge < -0.3 is 11.1 Å². The average molecular weight is 341 g/mol. The molecule has 1 aromatic carbocycles. The van der Waals surface area contributed by atoms with Crippen LogP contribution in [0.15, 0.2) is 23.1 Å². The summed E-state index contributed by atoms with van der Waals surface area (Å²) < 4.78 is 26.5. The number of nitrogens with zero attached hydrogens (tertiary/aromatic N) is 1. The van der Waals surface area contributed by atoms with Gasteiger partial charge in [0.15, 0.2) is 0 Å². The van der Waals surface area contributed by atoms with Crippen LogP contribution in [0.5, 0.6) is 0 Å². The van der Waals surface area contributed by atoms with Gasteiger partial charge in [0.05, 0.1) is 4.90 Å². The molecule has 0 saturated carbocycles. The summed E-state index contributed by atoms with van der Waals surface area (Å²) in [6.07, 6.45) is 0. The molecule has 0 radical (unpaired) electrons. The minimum absolute atomic E-state index is 0.129. The number of amides is 1. The molecule has 0 unspecified atom stereocenters. The number of benzene rings is 1. The predicted octanol–water partition coefficient (Wildman–Crippen LogP) is 1.49. The Morgan fingerprint density at radius 3 is 2.30 bits per heavy atom. The number of nitrogens with two attached hydrogens (primary N) is 1. The van der Waals surface area contributed by atoms with Crippen LogP contribution in [-0.2, 0) is 10.0 Å². The third-order valence-electron chi connectivity index (χ3n) is 3.50. The molecule has 0 spiro atoms. The summed E-state index contributed by atoms with van der Waals surface area (Å²) in [7, 11) is -3.59. The van der Waals surface area contributed by atoms with E-state index < -0.39 is 15.6 Å². The summed E-state index contributed by atoms with van der Waals surface area (Å²) in [6, 6.07) is 4.62. The Morgan fingerprint density at radius 2 is 1.83 bits per heavy atom. The summed E-state index contributed by atoms with van der Waals surface area (Å²) >= 11 is 0. The molecule has 0 aliphatic heterocycles. The largest absolute Gasteiger partial charge is 0.350 e. The third-order valence-corrected chi connectivity index (χ3v) is 5.55. The molecule has 3 N–H and O–H groups in total. The minimum atomic E-state index is -3.59. The highest BCUT2D eigenvalue weighted by molar-refractivity contribution is 7.89. The van der Waals surface area contributed by atoms with Crippen molar-refractivity contribution in [1.82, 2.24) is 9.62 Å². The normalized spacial score (nSPS) is 12.5. The van der Waals surface area contributed by atoms with Crippen LogP contribution >= 0.6 is 0 Å². The number of rotatable bonds is 7. The van der Waals surface area contributed by atoms with E-state index in [1.165, 1.54) is 16.4 Å². The molecule has 0 aliphatic rings. The Bertz CT molecular complexity index is 660. The molecule has 1 aromatic rings. The zero-order valence-corrected chi connectivity index (χ0v) is 15.3. The fraction of sp³-hybridized carbons (Fsp3) is 0.562. The van der Waals surface area contributed by atoms with Gasteiger partial charge in [0.2, 0.25) is 10.0 Å². The zero-order chi connectivity index (χ0) is 17.8. The molecule has 1 rings (SSSR count). The van der Waals surface area contributed by atoms with Gasteiger partial charge in [0.1, 0.15) is 0 Å². The van der Waals surface area contributed by atoms with E-state index in [9.17, 15) is 13.2 Å². The number of nitrogens with one attached hydrogen (secondary N) is 1. The van der Waals surface area contributed by atoms with Crippen LogP contribution in [0.1, 0.15) is 43.6 Å². The van der Waals surface area contributed by atoms with Gasteiger partial charge in [-0.25, -0.2) is 8.42 Å². The van der Waals surface area contributed by atoms with Crippen LogP contribution in [-0.4, -0.2) is 43.8 Å². The SMILES string of the molecule is CCN(CC)S(=O)(=O)c1ccc(C)c(C(=O)NCC(C)(C)N)c1. The van der Waals surface area contributed by atoms with Crippen molar-refractivity contribution in [2.75, 3.05) is 19.6 Å². The molecule has 23 heavy (non-hydrogen) atoms. The minimum Gasteiger partial charge on any atom is -0.350 e.